The Morgan fingerprint density at radius 1 is 1.11 bits per heavy atom. The highest BCUT2D eigenvalue weighted by molar-refractivity contribution is 5.94. The van der Waals surface area contributed by atoms with Crippen LogP contribution in [0.25, 0.3) is 0 Å². The lowest BCUT2D eigenvalue weighted by Gasteiger charge is -2.16. The minimum atomic E-state index is -0.304. The van der Waals surface area contributed by atoms with E-state index in [0.717, 1.165) is 5.69 Å². The fourth-order valence-electron chi connectivity index (χ4n) is 1.57. The third-order valence-electron chi connectivity index (χ3n) is 2.75. The highest BCUT2D eigenvalue weighted by atomic mass is 16.2. The van der Waals surface area contributed by atoms with Gasteiger partial charge >= 0.3 is 0 Å². The van der Waals surface area contributed by atoms with E-state index in [2.05, 4.69) is 24.5 Å². The average molecular weight is 262 g/mol. The van der Waals surface area contributed by atoms with Crippen LogP contribution in [-0.4, -0.2) is 24.3 Å². The van der Waals surface area contributed by atoms with E-state index in [1.165, 1.54) is 6.92 Å². The van der Waals surface area contributed by atoms with Crippen LogP contribution in [-0.2, 0) is 4.79 Å². The van der Waals surface area contributed by atoms with Crippen molar-refractivity contribution in [2.45, 2.75) is 33.7 Å². The lowest BCUT2D eigenvalue weighted by Crippen LogP contribution is -2.39. The van der Waals surface area contributed by atoms with E-state index < -0.39 is 0 Å². The molecule has 0 saturated carbocycles. The van der Waals surface area contributed by atoms with E-state index in [4.69, 9.17) is 0 Å². The number of carbonyl (C=O) groups excluding carboxylic acids is 2. The van der Waals surface area contributed by atoms with Gasteiger partial charge < -0.3 is 10.6 Å². The predicted molar refractivity (Wildman–Crippen MR) is 77.4 cm³/mol. The smallest absolute Gasteiger partial charge is 0.242 e. The summed E-state index contributed by atoms with van der Waals surface area (Å²) in [5, 5.41) is 5.98. The minimum absolute atomic E-state index is 0.0238. The number of anilines is 1. The molecule has 0 aromatic heterocycles. The van der Waals surface area contributed by atoms with Crippen molar-refractivity contribution >= 4 is 17.4 Å². The number of amides is 1. The molecule has 0 fully saturated rings. The molecule has 1 rings (SSSR count). The standard InChI is InChI=1S/C15H22N2O2/c1-10(2)9-16-15(19)11(3)17-14-7-5-13(6-8-14)12(4)18/h5-8,10-11,17H,9H2,1-4H3,(H,16,19). The van der Waals surface area contributed by atoms with Crippen LogP contribution >= 0.6 is 0 Å². The van der Waals surface area contributed by atoms with Gasteiger partial charge in [-0.1, -0.05) is 13.8 Å². The van der Waals surface area contributed by atoms with E-state index in [1.54, 1.807) is 12.1 Å². The van der Waals surface area contributed by atoms with Crippen LogP contribution in [0, 0.1) is 5.92 Å². The topological polar surface area (TPSA) is 58.2 Å². The number of hydrogen-bond acceptors (Lipinski definition) is 3. The number of ketones is 1. The van der Waals surface area contributed by atoms with Gasteiger partial charge in [-0.3, -0.25) is 9.59 Å². The lowest BCUT2D eigenvalue weighted by atomic mass is 10.1. The van der Waals surface area contributed by atoms with Gasteiger partial charge in [0, 0.05) is 17.8 Å². The maximum absolute atomic E-state index is 11.8. The normalized spacial score (nSPS) is 12.1. The third kappa shape index (κ3) is 5.12. The summed E-state index contributed by atoms with van der Waals surface area (Å²) in [7, 11) is 0. The molecule has 0 aliphatic rings. The molecule has 4 nitrogen and oxygen atoms in total. The van der Waals surface area contributed by atoms with E-state index in [9.17, 15) is 9.59 Å². The molecular weight excluding hydrogens is 240 g/mol. The molecule has 0 saturated heterocycles. The molecule has 19 heavy (non-hydrogen) atoms. The Labute approximate surface area is 114 Å². The largest absolute Gasteiger partial charge is 0.374 e. The second-order valence-electron chi connectivity index (χ2n) is 5.14. The van der Waals surface area contributed by atoms with Crippen molar-refractivity contribution in [1.29, 1.82) is 0 Å². The van der Waals surface area contributed by atoms with Crippen LogP contribution in [0.4, 0.5) is 5.69 Å². The van der Waals surface area contributed by atoms with Crippen LogP contribution in [0.15, 0.2) is 24.3 Å². The Kier molecular flexibility index (Phi) is 5.55. The molecule has 1 atom stereocenters. The zero-order valence-corrected chi connectivity index (χ0v) is 12.0. The Bertz CT molecular complexity index is 438. The molecule has 0 radical (unpaired) electrons. The first-order chi connectivity index (χ1) is 8.90. The summed E-state index contributed by atoms with van der Waals surface area (Å²) in [6.45, 7) is 8.13. The van der Waals surface area contributed by atoms with Crippen molar-refractivity contribution in [2.75, 3.05) is 11.9 Å². The van der Waals surface area contributed by atoms with Crippen LogP contribution < -0.4 is 10.6 Å². The molecule has 0 heterocycles. The van der Waals surface area contributed by atoms with Crippen molar-refractivity contribution in [2.24, 2.45) is 5.92 Å². The monoisotopic (exact) mass is 262 g/mol. The fourth-order valence-corrected chi connectivity index (χ4v) is 1.57. The summed E-state index contributed by atoms with van der Waals surface area (Å²) < 4.78 is 0. The molecule has 0 bridgehead atoms. The average Bonchev–Trinajstić information content (AvgIpc) is 2.36. The Hall–Kier alpha value is -1.84. The summed E-state index contributed by atoms with van der Waals surface area (Å²) in [4.78, 5) is 23.0. The summed E-state index contributed by atoms with van der Waals surface area (Å²) in [5.74, 6) is 0.449. The number of benzene rings is 1. The first kappa shape index (κ1) is 15.2. The van der Waals surface area contributed by atoms with Crippen LogP contribution in [0.3, 0.4) is 0 Å². The van der Waals surface area contributed by atoms with Gasteiger partial charge in [-0.15, -0.1) is 0 Å². The number of carbonyl (C=O) groups is 2. The molecule has 0 spiro atoms. The summed E-state index contributed by atoms with van der Waals surface area (Å²) in [6.07, 6.45) is 0. The molecule has 1 aromatic rings. The number of nitrogens with one attached hydrogen (secondary N) is 2. The molecule has 1 aromatic carbocycles. The Morgan fingerprint density at radius 2 is 1.68 bits per heavy atom. The number of hydrogen-bond donors (Lipinski definition) is 2. The van der Waals surface area contributed by atoms with Gasteiger partial charge in [-0.05, 0) is 44.0 Å². The lowest BCUT2D eigenvalue weighted by molar-refractivity contribution is -0.121. The Morgan fingerprint density at radius 3 is 2.16 bits per heavy atom. The van der Waals surface area contributed by atoms with Gasteiger partial charge in [0.2, 0.25) is 5.91 Å². The minimum Gasteiger partial charge on any atom is -0.374 e. The fraction of sp³-hybridized carbons (Fsp3) is 0.467. The van der Waals surface area contributed by atoms with Crippen LogP contribution in [0.2, 0.25) is 0 Å². The summed E-state index contributed by atoms with van der Waals surface area (Å²) in [5.41, 5.74) is 1.50. The van der Waals surface area contributed by atoms with Crippen molar-refractivity contribution in [3.05, 3.63) is 29.8 Å². The maximum atomic E-state index is 11.8. The molecule has 1 unspecified atom stereocenters. The van der Waals surface area contributed by atoms with Crippen molar-refractivity contribution in [3.8, 4) is 0 Å². The van der Waals surface area contributed by atoms with E-state index in [1.807, 2.05) is 19.1 Å². The predicted octanol–water partition coefficient (Wildman–Crippen LogP) is 2.46. The van der Waals surface area contributed by atoms with Crippen molar-refractivity contribution < 1.29 is 9.59 Å². The molecule has 0 aliphatic heterocycles. The van der Waals surface area contributed by atoms with E-state index in [0.29, 0.717) is 18.0 Å². The van der Waals surface area contributed by atoms with Gasteiger partial charge in [0.25, 0.3) is 0 Å². The molecule has 4 heteroatoms. The summed E-state index contributed by atoms with van der Waals surface area (Å²) >= 11 is 0. The molecule has 0 aliphatic carbocycles. The molecular formula is C15H22N2O2. The molecule has 1 amide bonds. The number of rotatable bonds is 6. The first-order valence-electron chi connectivity index (χ1n) is 6.55. The maximum Gasteiger partial charge on any atom is 0.242 e. The van der Waals surface area contributed by atoms with E-state index in [-0.39, 0.29) is 17.7 Å². The van der Waals surface area contributed by atoms with Gasteiger partial charge in [0.15, 0.2) is 5.78 Å². The SMILES string of the molecule is CC(=O)c1ccc(NC(C)C(=O)NCC(C)C)cc1. The van der Waals surface area contributed by atoms with Gasteiger partial charge in [0.05, 0.1) is 0 Å². The number of Topliss-reactive ketones (excluding diaryl/α,β-unsaturated/α-hetero) is 1. The van der Waals surface area contributed by atoms with Crippen molar-refractivity contribution in [1.82, 2.24) is 5.32 Å². The third-order valence-corrected chi connectivity index (χ3v) is 2.75. The summed E-state index contributed by atoms with van der Waals surface area (Å²) in [6, 6.07) is 6.82. The van der Waals surface area contributed by atoms with E-state index >= 15 is 0 Å². The second kappa shape index (κ2) is 6.92. The highest BCUT2D eigenvalue weighted by Gasteiger charge is 2.12. The molecule has 2 N–H and O–H groups in total. The quantitative estimate of drug-likeness (QED) is 0.774. The van der Waals surface area contributed by atoms with Gasteiger partial charge in [-0.25, -0.2) is 0 Å². The second-order valence-corrected chi connectivity index (χ2v) is 5.14. The Balaban J connectivity index is 2.54. The zero-order valence-electron chi connectivity index (χ0n) is 12.0. The highest BCUT2D eigenvalue weighted by Crippen LogP contribution is 2.11. The molecule has 104 valence electrons. The van der Waals surface area contributed by atoms with Crippen LogP contribution in [0.5, 0.6) is 0 Å². The van der Waals surface area contributed by atoms with Crippen LogP contribution in [0.1, 0.15) is 38.1 Å². The van der Waals surface area contributed by atoms with Gasteiger partial charge in [-0.2, -0.15) is 0 Å². The van der Waals surface area contributed by atoms with Gasteiger partial charge in [0.1, 0.15) is 6.04 Å². The zero-order chi connectivity index (χ0) is 14.4. The first-order valence-corrected chi connectivity index (χ1v) is 6.55. The van der Waals surface area contributed by atoms with Crippen molar-refractivity contribution in [3.63, 3.8) is 0 Å².